The normalized spacial score (nSPS) is 20.0. The molecule has 3 aliphatic rings. The number of nitrogens with zero attached hydrogens (tertiary/aromatic N) is 4. The molecule has 2 saturated heterocycles. The summed E-state index contributed by atoms with van der Waals surface area (Å²) in [7, 11) is 1.87. The van der Waals surface area contributed by atoms with Crippen molar-refractivity contribution in [2.24, 2.45) is 7.05 Å². The zero-order chi connectivity index (χ0) is 26.3. The van der Waals surface area contributed by atoms with Gasteiger partial charge in [0.25, 0.3) is 5.91 Å². The summed E-state index contributed by atoms with van der Waals surface area (Å²) < 4.78 is 14.4. The van der Waals surface area contributed by atoms with Gasteiger partial charge in [0.15, 0.2) is 6.10 Å². The van der Waals surface area contributed by atoms with Crippen molar-refractivity contribution in [2.75, 3.05) is 32.8 Å². The molecule has 7 rings (SSSR count). The van der Waals surface area contributed by atoms with Crippen LogP contribution in [0.5, 0.6) is 11.6 Å². The molecule has 9 nitrogen and oxygen atoms in total. The van der Waals surface area contributed by atoms with Crippen LogP contribution in [0.25, 0.3) is 34.2 Å². The van der Waals surface area contributed by atoms with Gasteiger partial charge in [0, 0.05) is 31.0 Å². The van der Waals surface area contributed by atoms with Crippen LogP contribution in [0.3, 0.4) is 0 Å². The van der Waals surface area contributed by atoms with E-state index >= 15 is 0 Å². The van der Waals surface area contributed by atoms with Gasteiger partial charge in [-0.1, -0.05) is 18.2 Å². The van der Waals surface area contributed by atoms with Crippen molar-refractivity contribution >= 4 is 29.0 Å². The summed E-state index contributed by atoms with van der Waals surface area (Å²) in [4.78, 5) is 15.2. The van der Waals surface area contributed by atoms with E-state index in [-0.39, 0.29) is 5.91 Å². The van der Waals surface area contributed by atoms with Crippen molar-refractivity contribution in [3.63, 3.8) is 0 Å². The quantitative estimate of drug-likeness (QED) is 0.391. The summed E-state index contributed by atoms with van der Waals surface area (Å²) in [6, 6.07) is 12.6. The molecule has 2 fully saturated rings. The average molecular weight is 525 g/mol. The summed E-state index contributed by atoms with van der Waals surface area (Å²) in [5, 5.41) is 16.6. The molecule has 2 aromatic heterocycles. The van der Waals surface area contributed by atoms with Gasteiger partial charge >= 0.3 is 0 Å². The van der Waals surface area contributed by atoms with Crippen LogP contribution in [0.2, 0.25) is 0 Å². The molecule has 0 spiro atoms. The summed E-state index contributed by atoms with van der Waals surface area (Å²) in [6.45, 7) is 3.57. The van der Waals surface area contributed by atoms with Crippen molar-refractivity contribution < 1.29 is 14.3 Å². The number of nitrogens with one attached hydrogen (secondary N) is 2. The molecule has 3 aliphatic heterocycles. The molecule has 0 unspecified atom stereocenters. The average Bonchev–Trinajstić information content (AvgIpc) is 3.65. The number of carbonyl (C=O) groups excluding carboxylic acids is 1. The lowest BCUT2D eigenvalue weighted by Gasteiger charge is -2.24. The van der Waals surface area contributed by atoms with Gasteiger partial charge in [0.1, 0.15) is 12.4 Å². The van der Waals surface area contributed by atoms with Gasteiger partial charge in [-0.2, -0.15) is 10.2 Å². The Morgan fingerprint density at radius 3 is 2.82 bits per heavy atom. The van der Waals surface area contributed by atoms with Crippen LogP contribution >= 0.6 is 0 Å². The minimum atomic E-state index is -0.503. The number of benzene rings is 2. The molecule has 2 N–H and O–H groups in total. The van der Waals surface area contributed by atoms with Crippen LogP contribution in [-0.2, 0) is 11.8 Å². The molecule has 0 saturated carbocycles. The fourth-order valence-electron chi connectivity index (χ4n) is 5.94. The lowest BCUT2D eigenvalue weighted by atomic mass is 9.89. The van der Waals surface area contributed by atoms with E-state index in [1.165, 1.54) is 5.56 Å². The number of aromatic amines is 1. The number of amides is 1. The Bertz CT molecular complexity index is 1560. The third-order valence-electron chi connectivity index (χ3n) is 8.17. The van der Waals surface area contributed by atoms with Gasteiger partial charge in [-0.05, 0) is 73.3 Å². The van der Waals surface area contributed by atoms with E-state index < -0.39 is 6.10 Å². The van der Waals surface area contributed by atoms with Gasteiger partial charge in [-0.25, -0.2) is 4.68 Å². The van der Waals surface area contributed by atoms with Crippen molar-refractivity contribution in [3.05, 3.63) is 59.4 Å². The summed E-state index contributed by atoms with van der Waals surface area (Å²) in [5.41, 5.74) is 5.91. The first-order chi connectivity index (χ1) is 19.1. The largest absolute Gasteiger partial charge is 0.480 e. The second-order valence-corrected chi connectivity index (χ2v) is 10.6. The fourth-order valence-corrected chi connectivity index (χ4v) is 5.94. The maximum atomic E-state index is 13.3. The Hall–Kier alpha value is -4.11. The van der Waals surface area contributed by atoms with Crippen molar-refractivity contribution in [3.8, 4) is 22.8 Å². The highest BCUT2D eigenvalue weighted by Gasteiger charge is 2.34. The van der Waals surface area contributed by atoms with Crippen molar-refractivity contribution in [1.29, 1.82) is 0 Å². The maximum absolute atomic E-state index is 13.3. The number of aromatic nitrogens is 4. The maximum Gasteiger partial charge on any atom is 0.263 e. The second-order valence-electron chi connectivity index (χ2n) is 10.6. The molecule has 9 heteroatoms. The third-order valence-corrected chi connectivity index (χ3v) is 8.17. The number of fused-ring (bicyclic) bond motifs is 6. The second kappa shape index (κ2) is 9.89. The van der Waals surface area contributed by atoms with Crippen LogP contribution in [0, 0.1) is 0 Å². The van der Waals surface area contributed by atoms with E-state index in [0.717, 1.165) is 65.0 Å². The lowest BCUT2D eigenvalue weighted by molar-refractivity contribution is -0.133. The highest BCUT2D eigenvalue weighted by molar-refractivity contribution is 5.93. The highest BCUT2D eigenvalue weighted by Crippen LogP contribution is 2.35. The van der Waals surface area contributed by atoms with E-state index in [1.807, 2.05) is 36.4 Å². The summed E-state index contributed by atoms with van der Waals surface area (Å²) in [6.07, 6.45) is 8.26. The molecule has 0 aliphatic carbocycles. The topological polar surface area (TPSA) is 97.3 Å². The SMILES string of the molecule is Cn1ncc2c1OCCN1CC[C@@H](Oc3cc(C4CCNCC4)ccc3C=Cc3[nH]nc4ccc-2cc34)C1=O. The summed E-state index contributed by atoms with van der Waals surface area (Å²) >= 11 is 0. The number of hydrogen-bond acceptors (Lipinski definition) is 6. The smallest absolute Gasteiger partial charge is 0.263 e. The number of carbonyl (C=O) groups is 1. The Labute approximate surface area is 226 Å². The van der Waals surface area contributed by atoms with Gasteiger partial charge in [0.2, 0.25) is 5.88 Å². The van der Waals surface area contributed by atoms with Crippen LogP contribution in [-0.4, -0.2) is 69.7 Å². The Morgan fingerprint density at radius 2 is 1.92 bits per heavy atom. The van der Waals surface area contributed by atoms with E-state index in [2.05, 4.69) is 51.0 Å². The molecule has 1 atom stereocenters. The molecule has 2 aromatic carbocycles. The molecule has 5 heterocycles. The number of rotatable bonds is 1. The molecular weight excluding hydrogens is 492 g/mol. The molecule has 4 aromatic rings. The molecule has 4 bridgehead atoms. The zero-order valence-corrected chi connectivity index (χ0v) is 22.0. The minimum absolute atomic E-state index is 0.0114. The van der Waals surface area contributed by atoms with Gasteiger partial charge in [0.05, 0.1) is 29.5 Å². The van der Waals surface area contributed by atoms with E-state index in [1.54, 1.807) is 4.68 Å². The predicted octanol–water partition coefficient (Wildman–Crippen LogP) is 3.97. The number of aryl methyl sites for hydroxylation is 1. The van der Waals surface area contributed by atoms with Crippen molar-refractivity contribution in [1.82, 2.24) is 30.2 Å². The van der Waals surface area contributed by atoms with Gasteiger partial charge < -0.3 is 19.7 Å². The third kappa shape index (κ3) is 4.46. The Kier molecular flexibility index (Phi) is 6.08. The Morgan fingerprint density at radius 1 is 1.03 bits per heavy atom. The van der Waals surface area contributed by atoms with Gasteiger partial charge in [-0.15, -0.1) is 0 Å². The first-order valence-electron chi connectivity index (χ1n) is 13.8. The monoisotopic (exact) mass is 524 g/mol. The van der Waals surface area contributed by atoms with E-state index in [0.29, 0.717) is 37.9 Å². The van der Waals surface area contributed by atoms with Crippen LogP contribution in [0.15, 0.2) is 42.6 Å². The first-order valence-corrected chi connectivity index (χ1v) is 13.8. The molecule has 39 heavy (non-hydrogen) atoms. The van der Waals surface area contributed by atoms with Crippen LogP contribution < -0.4 is 14.8 Å². The number of ether oxygens (including phenoxy) is 2. The number of hydrogen-bond donors (Lipinski definition) is 2. The van der Waals surface area contributed by atoms with Crippen LogP contribution in [0.1, 0.15) is 42.0 Å². The number of piperidine rings is 1. The number of H-pyrrole nitrogens is 1. The molecular formula is C30H32N6O3. The zero-order valence-electron chi connectivity index (χ0n) is 22.0. The molecule has 1 amide bonds. The van der Waals surface area contributed by atoms with Gasteiger partial charge in [-0.3, -0.25) is 9.89 Å². The lowest BCUT2D eigenvalue weighted by Crippen LogP contribution is -2.35. The first kappa shape index (κ1) is 24.0. The summed E-state index contributed by atoms with van der Waals surface area (Å²) in [5.74, 6) is 1.94. The minimum Gasteiger partial charge on any atom is -0.480 e. The van der Waals surface area contributed by atoms with Crippen LogP contribution in [0.4, 0.5) is 0 Å². The highest BCUT2D eigenvalue weighted by atomic mass is 16.5. The predicted molar refractivity (Wildman–Crippen MR) is 150 cm³/mol. The Balaban J connectivity index is 1.32. The van der Waals surface area contributed by atoms with E-state index in [4.69, 9.17) is 9.47 Å². The molecule has 200 valence electrons. The van der Waals surface area contributed by atoms with E-state index in [9.17, 15) is 4.79 Å². The van der Waals surface area contributed by atoms with Crippen molar-refractivity contribution in [2.45, 2.75) is 31.3 Å². The standard InChI is InChI=1S/C30H32N6O3/c1-35-30-24(18-32-35)22-5-7-26-23(16-22)25(33-34-26)6-4-20-2-3-21(19-8-11-31-12-9-19)17-28(20)39-27-10-13-36(29(27)37)14-15-38-30/h2-7,16-19,27,31H,8-15H2,1H3,(H,33,34)/t27-/m1/s1. The fraction of sp³-hybridized carbons (Fsp3) is 0.367. The molecule has 0 radical (unpaired) electrons.